The average molecular weight is 361 g/mol. The fourth-order valence-corrected chi connectivity index (χ4v) is 2.91. The molecule has 1 heterocycles. The first-order valence-corrected chi connectivity index (χ1v) is 8.25. The van der Waals surface area contributed by atoms with E-state index in [2.05, 4.69) is 10.3 Å². The van der Waals surface area contributed by atoms with Gasteiger partial charge in [-0.05, 0) is 48.5 Å². The van der Waals surface area contributed by atoms with Crippen LogP contribution in [0.1, 0.15) is 15.2 Å². The number of hydrogen-bond donors (Lipinski definition) is 2. The summed E-state index contributed by atoms with van der Waals surface area (Å²) in [5.41, 5.74) is 1.18. The third-order valence-electron chi connectivity index (χ3n) is 3.18. The molecule has 1 aromatic heterocycles. The summed E-state index contributed by atoms with van der Waals surface area (Å²) in [6.45, 7) is 0.654. The second kappa shape index (κ2) is 7.33. The van der Waals surface area contributed by atoms with Crippen LogP contribution >= 0.6 is 22.9 Å². The molecule has 0 aliphatic carbocycles. The van der Waals surface area contributed by atoms with Gasteiger partial charge in [-0.15, -0.1) is 11.3 Å². The monoisotopic (exact) mass is 360 g/mol. The van der Waals surface area contributed by atoms with Gasteiger partial charge in [-0.25, -0.2) is 9.78 Å². The Labute approximate surface area is 147 Å². The van der Waals surface area contributed by atoms with Crippen LogP contribution in [-0.2, 0) is 6.54 Å². The van der Waals surface area contributed by atoms with Crippen LogP contribution < -0.4 is 10.1 Å². The van der Waals surface area contributed by atoms with Crippen molar-refractivity contribution in [3.63, 3.8) is 0 Å². The molecule has 3 rings (SSSR count). The van der Waals surface area contributed by atoms with Crippen LogP contribution in [0.4, 0.5) is 5.69 Å². The number of nitrogens with zero attached hydrogens (tertiary/aromatic N) is 1. The number of aromatic nitrogens is 1. The van der Waals surface area contributed by atoms with Crippen LogP contribution in [0.5, 0.6) is 11.5 Å². The summed E-state index contributed by atoms with van der Waals surface area (Å²) in [5, 5.41) is 12.1. The van der Waals surface area contributed by atoms with Gasteiger partial charge in [0.05, 0.1) is 12.1 Å². The minimum Gasteiger partial charge on any atom is -0.478 e. The molecule has 0 amide bonds. The minimum atomic E-state index is -0.959. The number of carboxylic acids is 1. The summed E-state index contributed by atoms with van der Waals surface area (Å²) >= 11 is 7.24. The lowest BCUT2D eigenvalue weighted by Crippen LogP contribution is -1.97. The second-order valence-electron chi connectivity index (χ2n) is 4.89. The number of nitrogens with one attached hydrogen (secondary N) is 1. The van der Waals surface area contributed by atoms with E-state index >= 15 is 0 Å². The van der Waals surface area contributed by atoms with Crippen molar-refractivity contribution < 1.29 is 14.6 Å². The molecule has 0 unspecified atom stereocenters. The number of aromatic carboxylic acids is 1. The van der Waals surface area contributed by atoms with Crippen molar-refractivity contribution in [3.8, 4) is 11.5 Å². The highest BCUT2D eigenvalue weighted by Gasteiger charge is 2.04. The number of rotatable bonds is 6. The van der Waals surface area contributed by atoms with E-state index in [1.165, 1.54) is 23.5 Å². The number of benzene rings is 2. The van der Waals surface area contributed by atoms with Crippen LogP contribution in [0.2, 0.25) is 4.47 Å². The summed E-state index contributed by atoms with van der Waals surface area (Å²) < 4.78 is 6.22. The third-order valence-corrected chi connectivity index (χ3v) is 4.30. The molecule has 2 aromatic carbocycles. The predicted molar refractivity (Wildman–Crippen MR) is 94.4 cm³/mol. The Bertz CT molecular complexity index is 832. The van der Waals surface area contributed by atoms with Crippen molar-refractivity contribution in [3.05, 3.63) is 69.6 Å². The van der Waals surface area contributed by atoms with Gasteiger partial charge in [-0.3, -0.25) is 0 Å². The molecule has 5 nitrogen and oxygen atoms in total. The van der Waals surface area contributed by atoms with Gasteiger partial charge < -0.3 is 15.2 Å². The number of carbonyl (C=O) groups is 1. The molecule has 24 heavy (non-hydrogen) atoms. The zero-order valence-corrected chi connectivity index (χ0v) is 14.0. The highest BCUT2D eigenvalue weighted by Crippen LogP contribution is 2.24. The molecule has 0 spiro atoms. The third kappa shape index (κ3) is 4.24. The first-order chi connectivity index (χ1) is 11.6. The van der Waals surface area contributed by atoms with Crippen molar-refractivity contribution in [2.24, 2.45) is 0 Å². The average Bonchev–Trinajstić information content (AvgIpc) is 3.00. The molecular formula is C17H13ClN2O3S. The number of ether oxygens (including phenoxy) is 1. The maximum Gasteiger partial charge on any atom is 0.335 e. The Morgan fingerprint density at radius 2 is 1.75 bits per heavy atom. The fraction of sp³-hybridized carbons (Fsp3) is 0.0588. The van der Waals surface area contributed by atoms with Crippen LogP contribution in [0.3, 0.4) is 0 Å². The van der Waals surface area contributed by atoms with Crippen molar-refractivity contribution >= 4 is 34.6 Å². The Morgan fingerprint density at radius 1 is 1.12 bits per heavy atom. The van der Waals surface area contributed by atoms with E-state index in [1.54, 1.807) is 18.3 Å². The van der Waals surface area contributed by atoms with Gasteiger partial charge in [0.2, 0.25) is 0 Å². The fourth-order valence-electron chi connectivity index (χ4n) is 2.00. The van der Waals surface area contributed by atoms with Gasteiger partial charge in [-0.1, -0.05) is 11.6 Å². The van der Waals surface area contributed by atoms with E-state index in [4.69, 9.17) is 21.4 Å². The van der Waals surface area contributed by atoms with Crippen LogP contribution in [-0.4, -0.2) is 16.1 Å². The van der Waals surface area contributed by atoms with Gasteiger partial charge in [0.1, 0.15) is 11.5 Å². The van der Waals surface area contributed by atoms with Crippen molar-refractivity contribution in [2.75, 3.05) is 5.32 Å². The van der Waals surface area contributed by atoms with Crippen molar-refractivity contribution in [1.82, 2.24) is 4.98 Å². The summed E-state index contributed by atoms with van der Waals surface area (Å²) in [6, 6.07) is 13.8. The zero-order valence-electron chi connectivity index (χ0n) is 12.4. The molecular weight excluding hydrogens is 348 g/mol. The van der Waals surface area contributed by atoms with Gasteiger partial charge >= 0.3 is 5.97 Å². The molecule has 0 fully saturated rings. The predicted octanol–water partition coefficient (Wildman–Crippen LogP) is 4.90. The van der Waals surface area contributed by atoms with Gasteiger partial charge in [0.15, 0.2) is 4.47 Å². The number of halogens is 1. The molecule has 0 aliphatic heterocycles. The summed E-state index contributed by atoms with van der Waals surface area (Å²) in [7, 11) is 0. The topological polar surface area (TPSA) is 71.5 Å². The highest BCUT2D eigenvalue weighted by atomic mass is 35.5. The molecule has 3 aromatic rings. The molecule has 0 radical (unpaired) electrons. The Balaban J connectivity index is 1.58. The van der Waals surface area contributed by atoms with E-state index in [9.17, 15) is 4.79 Å². The molecule has 0 saturated heterocycles. The van der Waals surface area contributed by atoms with E-state index in [1.807, 2.05) is 24.3 Å². The molecule has 122 valence electrons. The smallest absolute Gasteiger partial charge is 0.335 e. The Kier molecular flexibility index (Phi) is 4.98. The van der Waals surface area contributed by atoms with Crippen molar-refractivity contribution in [2.45, 2.75) is 6.54 Å². The number of hydrogen-bond acceptors (Lipinski definition) is 5. The summed E-state index contributed by atoms with van der Waals surface area (Å²) in [4.78, 5) is 15.9. The highest BCUT2D eigenvalue weighted by molar-refractivity contribution is 7.15. The molecule has 2 N–H and O–H groups in total. The molecule has 0 atom stereocenters. The molecule has 0 bridgehead atoms. The molecule has 0 saturated carbocycles. The number of anilines is 1. The normalized spacial score (nSPS) is 10.4. The van der Waals surface area contributed by atoms with Gasteiger partial charge in [0.25, 0.3) is 0 Å². The number of carboxylic acid groups (broad SMARTS) is 1. The molecule has 0 aliphatic rings. The number of thiazole rings is 1. The standard InChI is InChI=1S/C17H13ClN2O3S/c18-17-20-10-15(24-17)9-19-12-3-7-14(8-4-12)23-13-5-1-11(2-6-13)16(21)22/h1-8,10,19H,9H2,(H,21,22). The lowest BCUT2D eigenvalue weighted by molar-refractivity contribution is 0.0697. The summed E-state index contributed by atoms with van der Waals surface area (Å²) in [5.74, 6) is 0.295. The van der Waals surface area contributed by atoms with Crippen LogP contribution in [0.15, 0.2) is 54.7 Å². The van der Waals surface area contributed by atoms with Gasteiger partial charge in [-0.2, -0.15) is 0 Å². The Hall–Kier alpha value is -2.57. The van der Waals surface area contributed by atoms with Crippen LogP contribution in [0, 0.1) is 0 Å². The first kappa shape index (κ1) is 16.3. The van der Waals surface area contributed by atoms with Crippen molar-refractivity contribution in [1.29, 1.82) is 0 Å². The van der Waals surface area contributed by atoms with E-state index < -0.39 is 5.97 Å². The maximum absolute atomic E-state index is 10.8. The quantitative estimate of drug-likeness (QED) is 0.654. The van der Waals surface area contributed by atoms with E-state index in [0.717, 1.165) is 10.6 Å². The summed E-state index contributed by atoms with van der Waals surface area (Å²) in [6.07, 6.45) is 1.75. The van der Waals surface area contributed by atoms with E-state index in [0.29, 0.717) is 22.5 Å². The minimum absolute atomic E-state index is 0.227. The van der Waals surface area contributed by atoms with Gasteiger partial charge in [0, 0.05) is 16.8 Å². The van der Waals surface area contributed by atoms with Crippen LogP contribution in [0.25, 0.3) is 0 Å². The van der Waals surface area contributed by atoms with E-state index in [-0.39, 0.29) is 5.56 Å². The lowest BCUT2D eigenvalue weighted by atomic mass is 10.2. The second-order valence-corrected chi connectivity index (χ2v) is 6.59. The maximum atomic E-state index is 10.8. The lowest BCUT2D eigenvalue weighted by Gasteiger charge is -2.08. The molecule has 7 heteroatoms. The zero-order chi connectivity index (χ0) is 16.9. The SMILES string of the molecule is O=C(O)c1ccc(Oc2ccc(NCc3cnc(Cl)s3)cc2)cc1. The Morgan fingerprint density at radius 3 is 2.29 bits per heavy atom. The first-order valence-electron chi connectivity index (χ1n) is 7.05. The largest absolute Gasteiger partial charge is 0.478 e.